The second-order valence-electron chi connectivity index (χ2n) is 5.13. The summed E-state index contributed by atoms with van der Waals surface area (Å²) in [6, 6.07) is 11.1. The van der Waals surface area contributed by atoms with Crippen LogP contribution in [0.1, 0.15) is 16.7 Å². The first kappa shape index (κ1) is 17.3. The largest absolute Gasteiger partial charge is 0.376 e. The summed E-state index contributed by atoms with van der Waals surface area (Å²) in [4.78, 5) is 11.8. The zero-order valence-corrected chi connectivity index (χ0v) is 14.4. The molecule has 0 fully saturated rings. The van der Waals surface area contributed by atoms with E-state index in [1.165, 1.54) is 11.8 Å². The highest BCUT2D eigenvalue weighted by Gasteiger charge is 2.03. The molecule has 0 aromatic heterocycles. The summed E-state index contributed by atoms with van der Waals surface area (Å²) in [7, 11) is 0. The normalized spacial score (nSPS) is 10.8. The molecule has 0 saturated heterocycles. The Bertz CT molecular complexity index is 745. The van der Waals surface area contributed by atoms with Gasteiger partial charge in [0.15, 0.2) is 0 Å². The van der Waals surface area contributed by atoms with Crippen molar-refractivity contribution >= 4 is 41.0 Å². The van der Waals surface area contributed by atoms with Crippen LogP contribution in [0, 0.1) is 13.8 Å². The van der Waals surface area contributed by atoms with Gasteiger partial charge in [-0.3, -0.25) is 4.79 Å². The molecular formula is C17H17Cl2N3O. The third-order valence-electron chi connectivity index (χ3n) is 3.18. The van der Waals surface area contributed by atoms with E-state index in [-0.39, 0.29) is 12.5 Å². The molecular weight excluding hydrogens is 333 g/mol. The van der Waals surface area contributed by atoms with Crippen LogP contribution in [0.4, 0.5) is 5.69 Å². The molecule has 6 heteroatoms. The topological polar surface area (TPSA) is 53.5 Å². The minimum atomic E-state index is -0.244. The Balaban J connectivity index is 1.86. The van der Waals surface area contributed by atoms with Gasteiger partial charge in [-0.15, -0.1) is 0 Å². The smallest absolute Gasteiger partial charge is 0.259 e. The molecule has 0 bridgehead atoms. The highest BCUT2D eigenvalue weighted by molar-refractivity contribution is 6.36. The molecule has 0 radical (unpaired) electrons. The van der Waals surface area contributed by atoms with Crippen LogP contribution in [0.5, 0.6) is 0 Å². The van der Waals surface area contributed by atoms with E-state index in [9.17, 15) is 4.79 Å². The van der Waals surface area contributed by atoms with E-state index in [1.807, 2.05) is 26.0 Å². The van der Waals surface area contributed by atoms with Crippen LogP contribution >= 0.6 is 23.2 Å². The van der Waals surface area contributed by atoms with E-state index < -0.39 is 0 Å². The van der Waals surface area contributed by atoms with E-state index in [0.29, 0.717) is 15.6 Å². The molecule has 2 aromatic carbocycles. The van der Waals surface area contributed by atoms with Crippen molar-refractivity contribution in [2.45, 2.75) is 13.8 Å². The van der Waals surface area contributed by atoms with Gasteiger partial charge in [-0.25, -0.2) is 5.43 Å². The van der Waals surface area contributed by atoms with Crippen molar-refractivity contribution in [3.8, 4) is 0 Å². The number of hydrazone groups is 1. The average Bonchev–Trinajstić information content (AvgIpc) is 2.48. The molecule has 1 amide bonds. The number of carbonyl (C=O) groups is 1. The number of aryl methyl sites for hydroxylation is 2. The Kier molecular flexibility index (Phi) is 6.02. The van der Waals surface area contributed by atoms with Gasteiger partial charge in [0, 0.05) is 16.3 Å². The van der Waals surface area contributed by atoms with E-state index in [4.69, 9.17) is 23.2 Å². The van der Waals surface area contributed by atoms with Crippen molar-refractivity contribution < 1.29 is 4.79 Å². The maximum atomic E-state index is 11.8. The second-order valence-corrected chi connectivity index (χ2v) is 5.97. The van der Waals surface area contributed by atoms with Crippen LogP contribution in [0.25, 0.3) is 0 Å². The van der Waals surface area contributed by atoms with Crippen molar-refractivity contribution in [3.63, 3.8) is 0 Å². The molecule has 0 aliphatic heterocycles. The molecule has 2 N–H and O–H groups in total. The summed E-state index contributed by atoms with van der Waals surface area (Å²) < 4.78 is 0. The van der Waals surface area contributed by atoms with Gasteiger partial charge in [-0.1, -0.05) is 47.0 Å². The third-order valence-corrected chi connectivity index (χ3v) is 3.74. The summed E-state index contributed by atoms with van der Waals surface area (Å²) in [5.41, 5.74) is 6.33. The van der Waals surface area contributed by atoms with E-state index >= 15 is 0 Å². The molecule has 0 unspecified atom stereocenters. The van der Waals surface area contributed by atoms with Gasteiger partial charge < -0.3 is 5.32 Å². The van der Waals surface area contributed by atoms with Gasteiger partial charge in [0.2, 0.25) is 0 Å². The molecule has 0 aliphatic carbocycles. The molecule has 23 heavy (non-hydrogen) atoms. The average molecular weight is 350 g/mol. The minimum absolute atomic E-state index is 0.135. The lowest BCUT2D eigenvalue weighted by Gasteiger charge is -2.09. The van der Waals surface area contributed by atoms with Crippen LogP contribution in [0.2, 0.25) is 10.0 Å². The van der Waals surface area contributed by atoms with Gasteiger partial charge in [-0.05, 0) is 37.6 Å². The Morgan fingerprint density at radius 3 is 2.65 bits per heavy atom. The van der Waals surface area contributed by atoms with Gasteiger partial charge >= 0.3 is 0 Å². The molecule has 0 spiro atoms. The summed E-state index contributed by atoms with van der Waals surface area (Å²) in [6.45, 7) is 4.16. The van der Waals surface area contributed by atoms with E-state index in [2.05, 4.69) is 21.9 Å². The summed E-state index contributed by atoms with van der Waals surface area (Å²) >= 11 is 11.8. The van der Waals surface area contributed by atoms with Gasteiger partial charge in [0.25, 0.3) is 5.91 Å². The number of nitrogens with one attached hydrogen (secondary N) is 2. The molecule has 120 valence electrons. The lowest BCUT2D eigenvalue weighted by molar-refractivity contribution is -0.119. The molecule has 0 heterocycles. The van der Waals surface area contributed by atoms with Crippen molar-refractivity contribution in [1.82, 2.24) is 5.43 Å². The number of amides is 1. The molecule has 4 nitrogen and oxygen atoms in total. The molecule has 2 aromatic rings. The predicted molar refractivity (Wildman–Crippen MR) is 96.6 cm³/mol. The van der Waals surface area contributed by atoms with Gasteiger partial charge in [0.05, 0.1) is 17.8 Å². The first-order valence-corrected chi connectivity index (χ1v) is 7.79. The Labute approximate surface area is 145 Å². The Morgan fingerprint density at radius 2 is 1.96 bits per heavy atom. The lowest BCUT2D eigenvalue weighted by Crippen LogP contribution is -2.26. The number of hydrogen-bond acceptors (Lipinski definition) is 3. The summed E-state index contributed by atoms with van der Waals surface area (Å²) in [5, 5.41) is 7.99. The van der Waals surface area contributed by atoms with Crippen molar-refractivity contribution in [2.24, 2.45) is 5.10 Å². The number of carbonyl (C=O) groups excluding carboxylic acids is 1. The molecule has 0 saturated carbocycles. The van der Waals surface area contributed by atoms with Gasteiger partial charge in [-0.2, -0.15) is 5.10 Å². The van der Waals surface area contributed by atoms with Crippen LogP contribution in [0.15, 0.2) is 41.5 Å². The summed E-state index contributed by atoms with van der Waals surface area (Å²) in [6.07, 6.45) is 1.48. The predicted octanol–water partition coefficient (Wildman–Crippen LogP) is 4.17. The van der Waals surface area contributed by atoms with Crippen LogP contribution in [-0.4, -0.2) is 18.7 Å². The zero-order chi connectivity index (χ0) is 16.8. The number of nitrogens with zero attached hydrogens (tertiary/aromatic N) is 1. The van der Waals surface area contributed by atoms with Crippen LogP contribution in [0.3, 0.4) is 0 Å². The maximum Gasteiger partial charge on any atom is 0.259 e. The number of benzene rings is 2. The van der Waals surface area contributed by atoms with Crippen molar-refractivity contribution in [2.75, 3.05) is 11.9 Å². The molecule has 0 aliphatic rings. The fourth-order valence-electron chi connectivity index (χ4n) is 2.01. The van der Waals surface area contributed by atoms with Crippen molar-refractivity contribution in [1.29, 1.82) is 0 Å². The van der Waals surface area contributed by atoms with E-state index in [0.717, 1.165) is 11.3 Å². The lowest BCUT2D eigenvalue weighted by atomic mass is 10.1. The fourth-order valence-corrected chi connectivity index (χ4v) is 2.46. The monoisotopic (exact) mass is 349 g/mol. The first-order chi connectivity index (χ1) is 11.0. The zero-order valence-electron chi connectivity index (χ0n) is 12.9. The fraction of sp³-hybridized carbons (Fsp3) is 0.176. The highest BCUT2D eigenvalue weighted by atomic mass is 35.5. The molecule has 2 rings (SSSR count). The third kappa shape index (κ3) is 5.27. The second kappa shape index (κ2) is 7.99. The number of halogens is 2. The maximum absolute atomic E-state index is 11.8. The van der Waals surface area contributed by atoms with Crippen LogP contribution in [-0.2, 0) is 4.79 Å². The van der Waals surface area contributed by atoms with Crippen LogP contribution < -0.4 is 10.7 Å². The Hall–Kier alpha value is -2.04. The highest BCUT2D eigenvalue weighted by Crippen LogP contribution is 2.19. The quantitative estimate of drug-likeness (QED) is 0.628. The molecule has 0 atom stereocenters. The Morgan fingerprint density at radius 1 is 1.17 bits per heavy atom. The van der Waals surface area contributed by atoms with Crippen molar-refractivity contribution in [3.05, 3.63) is 63.1 Å². The van der Waals surface area contributed by atoms with E-state index in [1.54, 1.807) is 18.2 Å². The number of anilines is 1. The number of rotatable bonds is 5. The minimum Gasteiger partial charge on any atom is -0.376 e. The standard InChI is InChI=1S/C17H17Cl2N3O/c1-11-3-6-16(12(2)7-11)20-10-17(23)22-21-9-13-4-5-14(18)8-15(13)19/h3-9,20H,10H2,1-2H3,(H,22,23)/b21-9+. The SMILES string of the molecule is Cc1ccc(NCC(=O)N/N=C/c2ccc(Cl)cc2Cl)c(C)c1. The van der Waals surface area contributed by atoms with Gasteiger partial charge in [0.1, 0.15) is 0 Å². The summed E-state index contributed by atoms with van der Waals surface area (Å²) in [5.74, 6) is -0.244. The number of hydrogen-bond donors (Lipinski definition) is 2. The first-order valence-electron chi connectivity index (χ1n) is 7.04.